The Balaban J connectivity index is 2.06. The van der Waals surface area contributed by atoms with Gasteiger partial charge in [0.15, 0.2) is 0 Å². The van der Waals surface area contributed by atoms with E-state index in [4.69, 9.17) is 9.47 Å². The summed E-state index contributed by atoms with van der Waals surface area (Å²) in [4.78, 5) is 12.3. The van der Waals surface area contributed by atoms with Crippen LogP contribution in [0, 0.1) is 6.92 Å². The minimum Gasteiger partial charge on any atom is -0.497 e. The van der Waals surface area contributed by atoms with Gasteiger partial charge in [-0.25, -0.2) is 4.79 Å². The Morgan fingerprint density at radius 1 is 1.12 bits per heavy atom. The standard InChI is InChI=1S/C19H24N2O3/c1-5-17(14-9-10-18(24-4)13(2)11-14)21-19(22)20-15-7-6-8-16(12-15)23-3/h6-12,17H,5H2,1-4H3,(H2,20,21,22)/t17-/m0/s1. The van der Waals surface area contributed by atoms with Crippen molar-refractivity contribution in [1.29, 1.82) is 0 Å². The Labute approximate surface area is 143 Å². The molecule has 5 heteroatoms. The molecule has 1 atom stereocenters. The van der Waals surface area contributed by atoms with E-state index in [2.05, 4.69) is 10.6 Å². The summed E-state index contributed by atoms with van der Waals surface area (Å²) in [6, 6.07) is 12.9. The van der Waals surface area contributed by atoms with Crippen molar-refractivity contribution in [3.05, 3.63) is 53.6 Å². The van der Waals surface area contributed by atoms with Gasteiger partial charge in [0.2, 0.25) is 0 Å². The first-order chi connectivity index (χ1) is 11.6. The average molecular weight is 328 g/mol. The number of hydrogen-bond donors (Lipinski definition) is 2. The summed E-state index contributed by atoms with van der Waals surface area (Å²) in [5.74, 6) is 1.54. The first-order valence-corrected chi connectivity index (χ1v) is 7.93. The molecule has 0 aromatic heterocycles. The number of nitrogens with one attached hydrogen (secondary N) is 2. The molecule has 0 radical (unpaired) electrons. The van der Waals surface area contributed by atoms with Gasteiger partial charge >= 0.3 is 6.03 Å². The topological polar surface area (TPSA) is 59.6 Å². The van der Waals surface area contributed by atoms with Crippen LogP contribution < -0.4 is 20.1 Å². The minimum absolute atomic E-state index is 0.0692. The maximum absolute atomic E-state index is 12.3. The highest BCUT2D eigenvalue weighted by Crippen LogP contribution is 2.24. The summed E-state index contributed by atoms with van der Waals surface area (Å²) in [5.41, 5.74) is 2.78. The van der Waals surface area contributed by atoms with Gasteiger partial charge in [0, 0.05) is 11.8 Å². The molecule has 5 nitrogen and oxygen atoms in total. The van der Waals surface area contributed by atoms with Gasteiger partial charge in [0.1, 0.15) is 11.5 Å². The highest BCUT2D eigenvalue weighted by molar-refractivity contribution is 5.89. The van der Waals surface area contributed by atoms with E-state index < -0.39 is 0 Å². The summed E-state index contributed by atoms with van der Waals surface area (Å²) in [7, 11) is 3.25. The van der Waals surface area contributed by atoms with Crippen LogP contribution in [0.5, 0.6) is 11.5 Å². The lowest BCUT2D eigenvalue weighted by molar-refractivity contribution is 0.248. The Morgan fingerprint density at radius 3 is 2.54 bits per heavy atom. The van der Waals surface area contributed by atoms with E-state index >= 15 is 0 Å². The number of ether oxygens (including phenoxy) is 2. The molecule has 0 unspecified atom stereocenters. The Hall–Kier alpha value is -2.69. The number of anilines is 1. The predicted molar refractivity (Wildman–Crippen MR) is 95.9 cm³/mol. The lowest BCUT2D eigenvalue weighted by atomic mass is 10.0. The number of hydrogen-bond acceptors (Lipinski definition) is 3. The number of amides is 2. The van der Waals surface area contributed by atoms with E-state index in [1.165, 1.54) is 0 Å². The van der Waals surface area contributed by atoms with Crippen molar-refractivity contribution in [3.8, 4) is 11.5 Å². The number of urea groups is 1. The highest BCUT2D eigenvalue weighted by atomic mass is 16.5. The second-order valence-electron chi connectivity index (χ2n) is 5.52. The van der Waals surface area contributed by atoms with Crippen LogP contribution in [-0.2, 0) is 0 Å². The van der Waals surface area contributed by atoms with E-state index in [-0.39, 0.29) is 12.1 Å². The molecule has 0 bridgehead atoms. The number of carbonyl (C=O) groups is 1. The van der Waals surface area contributed by atoms with Crippen molar-refractivity contribution in [2.24, 2.45) is 0 Å². The number of aryl methyl sites for hydroxylation is 1. The molecule has 0 aliphatic heterocycles. The van der Waals surface area contributed by atoms with Gasteiger partial charge in [0.25, 0.3) is 0 Å². The smallest absolute Gasteiger partial charge is 0.319 e. The van der Waals surface area contributed by atoms with Gasteiger partial charge in [0.05, 0.1) is 20.3 Å². The molecule has 2 aromatic carbocycles. The van der Waals surface area contributed by atoms with Crippen LogP contribution in [0.15, 0.2) is 42.5 Å². The molecule has 2 rings (SSSR count). The van der Waals surface area contributed by atoms with Crippen molar-refractivity contribution in [3.63, 3.8) is 0 Å². The van der Waals surface area contributed by atoms with Gasteiger partial charge in [-0.1, -0.05) is 25.1 Å². The molecular formula is C19H24N2O3. The molecular weight excluding hydrogens is 304 g/mol. The second-order valence-corrected chi connectivity index (χ2v) is 5.52. The van der Waals surface area contributed by atoms with E-state index in [0.717, 1.165) is 23.3 Å². The molecule has 128 valence electrons. The predicted octanol–water partition coefficient (Wildman–Crippen LogP) is 4.29. The highest BCUT2D eigenvalue weighted by Gasteiger charge is 2.14. The lowest BCUT2D eigenvalue weighted by Gasteiger charge is -2.19. The summed E-state index contributed by atoms with van der Waals surface area (Å²) in [6.07, 6.45) is 0.789. The molecule has 24 heavy (non-hydrogen) atoms. The van der Waals surface area contributed by atoms with Crippen molar-refractivity contribution in [2.45, 2.75) is 26.3 Å². The molecule has 0 saturated heterocycles. The fourth-order valence-corrected chi connectivity index (χ4v) is 2.57. The SMILES string of the molecule is CC[C@H](NC(=O)Nc1cccc(OC)c1)c1ccc(OC)c(C)c1. The van der Waals surface area contributed by atoms with Gasteiger partial charge in [-0.05, 0) is 42.7 Å². The molecule has 2 N–H and O–H groups in total. The maximum Gasteiger partial charge on any atom is 0.319 e. The quantitative estimate of drug-likeness (QED) is 0.832. The molecule has 0 saturated carbocycles. The average Bonchev–Trinajstić information content (AvgIpc) is 2.59. The molecule has 0 fully saturated rings. The van der Waals surface area contributed by atoms with Crippen LogP contribution >= 0.6 is 0 Å². The number of rotatable bonds is 6. The number of methoxy groups -OCH3 is 2. The summed E-state index contributed by atoms with van der Waals surface area (Å²) >= 11 is 0. The first-order valence-electron chi connectivity index (χ1n) is 7.93. The molecule has 2 aromatic rings. The fraction of sp³-hybridized carbons (Fsp3) is 0.316. The van der Waals surface area contributed by atoms with Crippen molar-refractivity contribution < 1.29 is 14.3 Å². The van der Waals surface area contributed by atoms with Gasteiger partial charge in [-0.15, -0.1) is 0 Å². The monoisotopic (exact) mass is 328 g/mol. The Morgan fingerprint density at radius 2 is 1.92 bits per heavy atom. The number of carbonyl (C=O) groups excluding carboxylic acids is 1. The molecule has 0 aliphatic carbocycles. The van der Waals surface area contributed by atoms with Crippen molar-refractivity contribution in [2.75, 3.05) is 19.5 Å². The molecule has 0 spiro atoms. The van der Waals surface area contributed by atoms with Crippen LogP contribution in [0.1, 0.15) is 30.5 Å². The van der Waals surface area contributed by atoms with E-state index in [9.17, 15) is 4.79 Å². The second kappa shape index (κ2) is 8.24. The zero-order chi connectivity index (χ0) is 17.5. The molecule has 2 amide bonds. The van der Waals surface area contributed by atoms with E-state index in [1.807, 2.05) is 50.2 Å². The van der Waals surface area contributed by atoms with Gasteiger partial charge < -0.3 is 20.1 Å². The third-order valence-electron chi connectivity index (χ3n) is 3.86. The normalized spacial score (nSPS) is 11.5. The van der Waals surface area contributed by atoms with Crippen LogP contribution in [-0.4, -0.2) is 20.3 Å². The van der Waals surface area contributed by atoms with Crippen molar-refractivity contribution in [1.82, 2.24) is 5.32 Å². The summed E-state index contributed by atoms with van der Waals surface area (Å²) < 4.78 is 10.4. The van der Waals surface area contributed by atoms with E-state index in [1.54, 1.807) is 20.3 Å². The maximum atomic E-state index is 12.3. The summed E-state index contributed by atoms with van der Waals surface area (Å²) in [6.45, 7) is 4.03. The molecule has 0 aliphatic rings. The first kappa shape index (κ1) is 17.7. The zero-order valence-corrected chi connectivity index (χ0v) is 14.6. The van der Waals surface area contributed by atoms with Crippen LogP contribution in [0.4, 0.5) is 10.5 Å². The van der Waals surface area contributed by atoms with Gasteiger partial charge in [-0.3, -0.25) is 0 Å². The van der Waals surface area contributed by atoms with Crippen LogP contribution in [0.2, 0.25) is 0 Å². The third-order valence-corrected chi connectivity index (χ3v) is 3.86. The van der Waals surface area contributed by atoms with Crippen LogP contribution in [0.25, 0.3) is 0 Å². The number of benzene rings is 2. The Bertz CT molecular complexity index is 701. The van der Waals surface area contributed by atoms with Crippen molar-refractivity contribution >= 4 is 11.7 Å². The lowest BCUT2D eigenvalue weighted by Crippen LogP contribution is -2.32. The van der Waals surface area contributed by atoms with Crippen LogP contribution in [0.3, 0.4) is 0 Å². The fourth-order valence-electron chi connectivity index (χ4n) is 2.57. The zero-order valence-electron chi connectivity index (χ0n) is 14.6. The van der Waals surface area contributed by atoms with Gasteiger partial charge in [-0.2, -0.15) is 0 Å². The van der Waals surface area contributed by atoms with E-state index in [0.29, 0.717) is 11.4 Å². The largest absolute Gasteiger partial charge is 0.497 e. The third kappa shape index (κ3) is 4.41. The minimum atomic E-state index is -0.247. The summed E-state index contributed by atoms with van der Waals surface area (Å²) in [5, 5.41) is 5.84. The molecule has 0 heterocycles. The Kier molecular flexibility index (Phi) is 6.07.